The monoisotopic (exact) mass is 459 g/mol. The molecule has 0 aliphatic heterocycles. The first-order valence-corrected chi connectivity index (χ1v) is 11.7. The highest BCUT2D eigenvalue weighted by atomic mass is 32.2. The summed E-state index contributed by atoms with van der Waals surface area (Å²) >= 11 is 1.15. The van der Waals surface area contributed by atoms with Gasteiger partial charge in [0, 0.05) is 12.2 Å². The van der Waals surface area contributed by atoms with Gasteiger partial charge in [0.05, 0.1) is 21.9 Å². The molecule has 0 atom stereocenters. The molecule has 0 bridgehead atoms. The van der Waals surface area contributed by atoms with Crippen LogP contribution in [0.1, 0.15) is 31.4 Å². The molecule has 10 heteroatoms. The van der Waals surface area contributed by atoms with Crippen LogP contribution in [-0.2, 0) is 15.8 Å². The Balaban J connectivity index is 1.63. The third-order valence-electron chi connectivity index (χ3n) is 4.12. The van der Waals surface area contributed by atoms with Crippen molar-refractivity contribution in [2.24, 2.45) is 0 Å². The van der Waals surface area contributed by atoms with Gasteiger partial charge < -0.3 is 15.1 Å². The third kappa shape index (κ3) is 6.14. The molecule has 0 aliphatic carbocycles. The van der Waals surface area contributed by atoms with Gasteiger partial charge in [0.1, 0.15) is 0 Å². The lowest BCUT2D eigenvalue weighted by Crippen LogP contribution is -2.25. The number of rotatable bonds is 9. The summed E-state index contributed by atoms with van der Waals surface area (Å²) in [5.74, 6) is -0.711. The van der Waals surface area contributed by atoms with Crippen molar-refractivity contribution in [1.82, 2.24) is 4.72 Å². The average molecular weight is 460 g/mol. The molecule has 3 aromatic rings. The van der Waals surface area contributed by atoms with Gasteiger partial charge >= 0.3 is 0 Å². The van der Waals surface area contributed by atoms with Crippen LogP contribution in [0.25, 0.3) is 0 Å². The van der Waals surface area contributed by atoms with E-state index in [9.17, 15) is 18.0 Å². The molecule has 0 saturated carbocycles. The van der Waals surface area contributed by atoms with Gasteiger partial charge in [-0.1, -0.05) is 18.2 Å². The Kier molecular flexibility index (Phi) is 7.06. The van der Waals surface area contributed by atoms with Crippen LogP contribution in [0, 0.1) is 6.92 Å². The number of sulfonamides is 1. The maximum absolute atomic E-state index is 12.6. The summed E-state index contributed by atoms with van der Waals surface area (Å²) in [6.45, 7) is 5.42. The zero-order valence-corrected chi connectivity index (χ0v) is 18.3. The van der Waals surface area contributed by atoms with Gasteiger partial charge in [-0.25, -0.2) is 13.1 Å². The molecule has 0 aliphatic rings. The van der Waals surface area contributed by atoms with Gasteiger partial charge in [0.25, 0.3) is 11.8 Å². The van der Waals surface area contributed by atoms with E-state index in [-0.39, 0.29) is 24.0 Å². The maximum Gasteiger partial charge on any atom is 0.291 e. The quantitative estimate of drug-likeness (QED) is 0.421. The lowest BCUT2D eigenvalue weighted by atomic mass is 10.2. The molecule has 0 spiro atoms. The van der Waals surface area contributed by atoms with Crippen LogP contribution in [0.3, 0.4) is 0 Å². The molecule has 1 aromatic carbocycles. The van der Waals surface area contributed by atoms with Crippen LogP contribution in [0.15, 0.2) is 65.8 Å². The summed E-state index contributed by atoms with van der Waals surface area (Å²) in [6.07, 6.45) is 2.88. The Morgan fingerprint density at radius 1 is 1.13 bits per heavy atom. The molecule has 31 heavy (non-hydrogen) atoms. The Morgan fingerprint density at radius 3 is 2.52 bits per heavy atom. The normalized spacial score (nSPS) is 11.1. The van der Waals surface area contributed by atoms with Gasteiger partial charge in [-0.05, 0) is 48.4 Å². The standard InChI is InChI=1S/C21H21N3O5S2/c1-3-10-22-31(27,28)13-15-6-8-16(9-7-15)23-21(26)19-14(2)12-18(30-19)24-20(25)17-5-4-11-29-17/h3-9,11-12,22H,1,10,13H2,2H3,(H,23,26)(H,24,25). The van der Waals surface area contributed by atoms with Crippen molar-refractivity contribution >= 4 is 43.9 Å². The van der Waals surface area contributed by atoms with Crippen LogP contribution < -0.4 is 15.4 Å². The topological polar surface area (TPSA) is 118 Å². The van der Waals surface area contributed by atoms with Crippen LogP contribution in [0.2, 0.25) is 0 Å². The molecular formula is C21H21N3O5S2. The number of benzene rings is 1. The lowest BCUT2D eigenvalue weighted by molar-refractivity contribution is 0.0995. The van der Waals surface area contributed by atoms with E-state index in [1.807, 2.05) is 0 Å². The van der Waals surface area contributed by atoms with Crippen molar-refractivity contribution in [2.45, 2.75) is 12.7 Å². The first-order chi connectivity index (χ1) is 14.8. The van der Waals surface area contributed by atoms with Gasteiger partial charge in [-0.3, -0.25) is 9.59 Å². The van der Waals surface area contributed by atoms with Crippen molar-refractivity contribution in [3.63, 3.8) is 0 Å². The fourth-order valence-electron chi connectivity index (χ4n) is 2.68. The second-order valence-electron chi connectivity index (χ2n) is 6.60. The van der Waals surface area contributed by atoms with E-state index in [0.717, 1.165) is 11.3 Å². The predicted molar refractivity (Wildman–Crippen MR) is 121 cm³/mol. The largest absolute Gasteiger partial charge is 0.459 e. The molecule has 0 radical (unpaired) electrons. The van der Waals surface area contributed by atoms with Crippen LogP contribution in [0.4, 0.5) is 10.7 Å². The van der Waals surface area contributed by atoms with Crippen LogP contribution in [-0.4, -0.2) is 26.8 Å². The number of nitrogens with one attached hydrogen (secondary N) is 3. The van der Waals surface area contributed by atoms with E-state index < -0.39 is 15.9 Å². The SMILES string of the molecule is C=CCNS(=O)(=O)Cc1ccc(NC(=O)c2sc(NC(=O)c3ccco3)cc2C)cc1. The van der Waals surface area contributed by atoms with Gasteiger partial charge in [0.2, 0.25) is 10.0 Å². The molecular weight excluding hydrogens is 438 g/mol. The number of amides is 2. The number of hydrogen-bond donors (Lipinski definition) is 3. The van der Waals surface area contributed by atoms with E-state index >= 15 is 0 Å². The molecule has 2 aromatic heterocycles. The number of carbonyl (C=O) groups is 2. The van der Waals surface area contributed by atoms with E-state index in [4.69, 9.17) is 4.42 Å². The number of aryl methyl sites for hydroxylation is 1. The van der Waals surface area contributed by atoms with E-state index in [2.05, 4.69) is 21.9 Å². The highest BCUT2D eigenvalue weighted by Crippen LogP contribution is 2.28. The first-order valence-electron chi connectivity index (χ1n) is 9.21. The lowest BCUT2D eigenvalue weighted by Gasteiger charge is -2.07. The summed E-state index contributed by atoms with van der Waals surface area (Å²) < 4.78 is 31.3. The van der Waals surface area contributed by atoms with Crippen molar-refractivity contribution < 1.29 is 22.4 Å². The minimum Gasteiger partial charge on any atom is -0.459 e. The molecule has 3 N–H and O–H groups in total. The molecule has 0 unspecified atom stereocenters. The Hall–Kier alpha value is -3.21. The summed E-state index contributed by atoms with van der Waals surface area (Å²) in [4.78, 5) is 25.2. The summed E-state index contributed by atoms with van der Waals surface area (Å²) in [5, 5.41) is 6.01. The average Bonchev–Trinajstić information content (AvgIpc) is 3.38. The van der Waals surface area contributed by atoms with Gasteiger partial charge in [0.15, 0.2) is 5.76 Å². The van der Waals surface area contributed by atoms with E-state index in [1.54, 1.807) is 49.4 Å². The fraction of sp³-hybridized carbons (Fsp3) is 0.143. The third-order valence-corrected chi connectivity index (χ3v) is 6.59. The fourth-order valence-corrected chi connectivity index (χ4v) is 4.75. The minimum absolute atomic E-state index is 0.167. The number of anilines is 2. The Labute approximate surface area is 184 Å². The van der Waals surface area contributed by atoms with Crippen LogP contribution in [0.5, 0.6) is 0 Å². The predicted octanol–water partition coefficient (Wildman–Crippen LogP) is 3.76. The number of thiophene rings is 1. The highest BCUT2D eigenvalue weighted by molar-refractivity contribution is 7.88. The number of furan rings is 1. The minimum atomic E-state index is -3.45. The zero-order chi connectivity index (χ0) is 22.4. The number of carbonyl (C=O) groups excluding carboxylic acids is 2. The van der Waals surface area contributed by atoms with Crippen LogP contribution >= 0.6 is 11.3 Å². The Bertz CT molecular complexity index is 1180. The van der Waals surface area contributed by atoms with Gasteiger partial charge in [-0.2, -0.15) is 0 Å². The highest BCUT2D eigenvalue weighted by Gasteiger charge is 2.17. The Morgan fingerprint density at radius 2 is 1.87 bits per heavy atom. The van der Waals surface area contributed by atoms with Crippen molar-refractivity contribution in [2.75, 3.05) is 17.2 Å². The molecule has 0 fully saturated rings. The first kappa shape index (κ1) is 22.5. The summed E-state index contributed by atoms with van der Waals surface area (Å²) in [5.41, 5.74) is 1.83. The second kappa shape index (κ2) is 9.73. The summed E-state index contributed by atoms with van der Waals surface area (Å²) in [6, 6.07) is 11.4. The van der Waals surface area contributed by atoms with Gasteiger partial charge in [-0.15, -0.1) is 17.9 Å². The van der Waals surface area contributed by atoms with Crippen molar-refractivity contribution in [3.8, 4) is 0 Å². The van der Waals surface area contributed by atoms with E-state index in [0.29, 0.717) is 26.7 Å². The maximum atomic E-state index is 12.6. The van der Waals surface area contributed by atoms with Crippen molar-refractivity contribution in [1.29, 1.82) is 0 Å². The molecule has 8 nitrogen and oxygen atoms in total. The number of hydrogen-bond acceptors (Lipinski definition) is 6. The van der Waals surface area contributed by atoms with Crippen molar-refractivity contribution in [3.05, 3.63) is 83.1 Å². The molecule has 0 saturated heterocycles. The van der Waals surface area contributed by atoms with E-state index in [1.165, 1.54) is 12.3 Å². The molecule has 2 amide bonds. The second-order valence-corrected chi connectivity index (χ2v) is 9.46. The summed E-state index contributed by atoms with van der Waals surface area (Å²) in [7, 11) is -3.45. The smallest absolute Gasteiger partial charge is 0.291 e. The molecule has 3 rings (SSSR count). The zero-order valence-electron chi connectivity index (χ0n) is 16.7. The molecule has 2 heterocycles. The molecule has 162 valence electrons.